The second kappa shape index (κ2) is 8.51. The molecule has 0 spiro atoms. The molecule has 2 heterocycles. The third kappa shape index (κ3) is 5.04. The Morgan fingerprint density at radius 3 is 2.66 bits per heavy atom. The summed E-state index contributed by atoms with van der Waals surface area (Å²) < 4.78 is 5.23. The molecule has 1 aromatic heterocycles. The predicted octanol–water partition coefficient (Wildman–Crippen LogP) is 3.19. The molecule has 0 saturated carbocycles. The molecule has 3 amide bonds. The van der Waals surface area contributed by atoms with E-state index in [1.807, 2.05) is 20.8 Å². The Balaban J connectivity index is 1.67. The number of furan rings is 1. The molecule has 2 N–H and O–H groups in total. The molecule has 29 heavy (non-hydrogen) atoms. The fourth-order valence-corrected chi connectivity index (χ4v) is 3.20. The van der Waals surface area contributed by atoms with Crippen LogP contribution in [0.4, 0.5) is 5.69 Å². The molecule has 7 nitrogen and oxygen atoms in total. The second-order valence-electron chi connectivity index (χ2n) is 8.24. The SMILES string of the molecule is CC(C)(C)C(=O)Nc1cccc(C(=O)N2CCCC2C(=O)NCc2ccco2)c1. The molecule has 1 aliphatic heterocycles. The van der Waals surface area contributed by atoms with E-state index in [1.54, 1.807) is 47.6 Å². The average Bonchev–Trinajstić information content (AvgIpc) is 3.36. The number of likely N-dealkylation sites (tertiary alicyclic amines) is 1. The molecule has 1 aliphatic rings. The van der Waals surface area contributed by atoms with Crippen molar-refractivity contribution in [3.8, 4) is 0 Å². The number of nitrogens with one attached hydrogen (secondary N) is 2. The Bertz CT molecular complexity index is 884. The largest absolute Gasteiger partial charge is 0.467 e. The van der Waals surface area contributed by atoms with Gasteiger partial charge in [0.05, 0.1) is 12.8 Å². The lowest BCUT2D eigenvalue weighted by Gasteiger charge is -2.24. The summed E-state index contributed by atoms with van der Waals surface area (Å²) >= 11 is 0. The van der Waals surface area contributed by atoms with Crippen LogP contribution < -0.4 is 10.6 Å². The monoisotopic (exact) mass is 397 g/mol. The number of anilines is 1. The molecule has 154 valence electrons. The van der Waals surface area contributed by atoms with Gasteiger partial charge in [0.1, 0.15) is 11.8 Å². The van der Waals surface area contributed by atoms with Gasteiger partial charge in [-0.1, -0.05) is 26.8 Å². The van der Waals surface area contributed by atoms with Gasteiger partial charge < -0.3 is 20.0 Å². The number of amides is 3. The van der Waals surface area contributed by atoms with Crippen molar-refractivity contribution in [3.05, 3.63) is 54.0 Å². The molecule has 0 aliphatic carbocycles. The lowest BCUT2D eigenvalue weighted by molar-refractivity contribution is -0.125. The van der Waals surface area contributed by atoms with Gasteiger partial charge in [0.25, 0.3) is 5.91 Å². The van der Waals surface area contributed by atoms with Crippen molar-refractivity contribution in [2.45, 2.75) is 46.2 Å². The van der Waals surface area contributed by atoms with Gasteiger partial charge >= 0.3 is 0 Å². The smallest absolute Gasteiger partial charge is 0.254 e. The predicted molar refractivity (Wildman–Crippen MR) is 109 cm³/mol. The first-order valence-electron chi connectivity index (χ1n) is 9.78. The van der Waals surface area contributed by atoms with E-state index in [9.17, 15) is 14.4 Å². The average molecular weight is 397 g/mol. The summed E-state index contributed by atoms with van der Waals surface area (Å²) in [4.78, 5) is 39.5. The molecule has 0 radical (unpaired) electrons. The van der Waals surface area contributed by atoms with Crippen molar-refractivity contribution in [2.75, 3.05) is 11.9 Å². The summed E-state index contributed by atoms with van der Waals surface area (Å²) in [5.41, 5.74) is 0.475. The van der Waals surface area contributed by atoms with Crippen LogP contribution in [0.15, 0.2) is 47.1 Å². The summed E-state index contributed by atoms with van der Waals surface area (Å²) in [5, 5.41) is 5.67. The molecular weight excluding hydrogens is 370 g/mol. The topological polar surface area (TPSA) is 91.7 Å². The maximum Gasteiger partial charge on any atom is 0.254 e. The zero-order valence-electron chi connectivity index (χ0n) is 17.0. The molecule has 1 saturated heterocycles. The first-order valence-corrected chi connectivity index (χ1v) is 9.78. The van der Waals surface area contributed by atoms with E-state index in [0.29, 0.717) is 36.5 Å². The van der Waals surface area contributed by atoms with Crippen molar-refractivity contribution >= 4 is 23.4 Å². The van der Waals surface area contributed by atoms with Gasteiger partial charge in [0.2, 0.25) is 11.8 Å². The molecule has 1 unspecified atom stereocenters. The van der Waals surface area contributed by atoms with E-state index in [4.69, 9.17) is 4.42 Å². The van der Waals surface area contributed by atoms with Gasteiger partial charge in [0, 0.05) is 23.2 Å². The minimum atomic E-state index is -0.536. The first kappa shape index (κ1) is 20.6. The Kier molecular flexibility index (Phi) is 6.06. The van der Waals surface area contributed by atoms with Crippen molar-refractivity contribution in [3.63, 3.8) is 0 Å². The molecule has 3 rings (SSSR count). The van der Waals surface area contributed by atoms with Crippen LogP contribution in [0.3, 0.4) is 0 Å². The maximum absolute atomic E-state index is 13.0. The molecule has 1 fully saturated rings. The number of benzene rings is 1. The molecule has 1 aromatic carbocycles. The number of hydrogen-bond acceptors (Lipinski definition) is 4. The summed E-state index contributed by atoms with van der Waals surface area (Å²) in [6.45, 7) is 6.30. The van der Waals surface area contributed by atoms with Crippen LogP contribution in [0, 0.1) is 5.41 Å². The minimum absolute atomic E-state index is 0.126. The van der Waals surface area contributed by atoms with Crippen LogP contribution in [0.2, 0.25) is 0 Å². The van der Waals surface area contributed by atoms with Gasteiger partial charge in [-0.3, -0.25) is 14.4 Å². The van der Waals surface area contributed by atoms with Gasteiger partial charge in [0.15, 0.2) is 0 Å². The quantitative estimate of drug-likeness (QED) is 0.811. The van der Waals surface area contributed by atoms with E-state index < -0.39 is 11.5 Å². The Hall–Kier alpha value is -3.09. The minimum Gasteiger partial charge on any atom is -0.467 e. The third-order valence-corrected chi connectivity index (χ3v) is 4.88. The van der Waals surface area contributed by atoms with E-state index >= 15 is 0 Å². The number of nitrogens with zero attached hydrogens (tertiary/aromatic N) is 1. The van der Waals surface area contributed by atoms with Crippen molar-refractivity contribution in [1.29, 1.82) is 0 Å². The maximum atomic E-state index is 13.0. The van der Waals surface area contributed by atoms with Crippen LogP contribution in [0.5, 0.6) is 0 Å². The standard InChI is InChI=1S/C22H27N3O4/c1-22(2,3)21(28)24-16-8-4-7-15(13-16)20(27)25-11-5-10-18(25)19(26)23-14-17-9-6-12-29-17/h4,6-9,12-13,18H,5,10-11,14H2,1-3H3,(H,23,26)(H,24,28). The van der Waals surface area contributed by atoms with Crippen LogP contribution in [-0.2, 0) is 16.1 Å². The molecule has 2 aromatic rings. The van der Waals surface area contributed by atoms with Crippen LogP contribution >= 0.6 is 0 Å². The third-order valence-electron chi connectivity index (χ3n) is 4.88. The van der Waals surface area contributed by atoms with Crippen LogP contribution in [0.25, 0.3) is 0 Å². The summed E-state index contributed by atoms with van der Waals surface area (Å²) in [6, 6.07) is 9.87. The highest BCUT2D eigenvalue weighted by Crippen LogP contribution is 2.23. The Morgan fingerprint density at radius 1 is 1.17 bits per heavy atom. The zero-order chi connectivity index (χ0) is 21.0. The zero-order valence-corrected chi connectivity index (χ0v) is 17.0. The van der Waals surface area contributed by atoms with Gasteiger partial charge in [-0.15, -0.1) is 0 Å². The number of hydrogen-bond donors (Lipinski definition) is 2. The Morgan fingerprint density at radius 2 is 1.97 bits per heavy atom. The lowest BCUT2D eigenvalue weighted by Crippen LogP contribution is -2.45. The van der Waals surface area contributed by atoms with Crippen LogP contribution in [0.1, 0.15) is 49.7 Å². The molecule has 7 heteroatoms. The molecule has 0 bridgehead atoms. The Labute approximate surface area is 170 Å². The summed E-state index contributed by atoms with van der Waals surface area (Å²) in [6.07, 6.45) is 2.94. The van der Waals surface area contributed by atoms with E-state index in [0.717, 1.165) is 6.42 Å². The van der Waals surface area contributed by atoms with Gasteiger partial charge in [-0.05, 0) is 43.2 Å². The van der Waals surface area contributed by atoms with Crippen LogP contribution in [-0.4, -0.2) is 35.2 Å². The highest BCUT2D eigenvalue weighted by Gasteiger charge is 2.34. The van der Waals surface area contributed by atoms with Gasteiger partial charge in [-0.25, -0.2) is 0 Å². The number of carbonyl (C=O) groups excluding carboxylic acids is 3. The van der Waals surface area contributed by atoms with Crippen molar-refractivity contribution in [1.82, 2.24) is 10.2 Å². The second-order valence-corrected chi connectivity index (χ2v) is 8.24. The van der Waals surface area contributed by atoms with Crippen molar-refractivity contribution < 1.29 is 18.8 Å². The lowest BCUT2D eigenvalue weighted by atomic mass is 9.95. The molecular formula is C22H27N3O4. The fraction of sp³-hybridized carbons (Fsp3) is 0.409. The first-order chi connectivity index (χ1) is 13.8. The van der Waals surface area contributed by atoms with E-state index in [1.165, 1.54) is 0 Å². The summed E-state index contributed by atoms with van der Waals surface area (Å²) in [7, 11) is 0. The normalized spacial score (nSPS) is 16.5. The number of rotatable bonds is 5. The van der Waals surface area contributed by atoms with E-state index in [-0.39, 0.29) is 17.7 Å². The number of carbonyl (C=O) groups is 3. The fourth-order valence-electron chi connectivity index (χ4n) is 3.20. The highest BCUT2D eigenvalue weighted by atomic mass is 16.3. The van der Waals surface area contributed by atoms with Gasteiger partial charge in [-0.2, -0.15) is 0 Å². The van der Waals surface area contributed by atoms with Crippen molar-refractivity contribution in [2.24, 2.45) is 5.41 Å². The highest BCUT2D eigenvalue weighted by molar-refractivity contribution is 6.00. The summed E-state index contributed by atoms with van der Waals surface area (Å²) in [5.74, 6) is 0.131. The molecule has 1 atom stereocenters. The van der Waals surface area contributed by atoms with E-state index in [2.05, 4.69) is 10.6 Å².